The fourth-order valence-corrected chi connectivity index (χ4v) is 3.29. The molecule has 0 fully saturated rings. The SMILES string of the molecule is C#Cc1cc2cc3sccc3cc2s1. The van der Waals surface area contributed by atoms with E-state index in [9.17, 15) is 0 Å². The van der Waals surface area contributed by atoms with Crippen molar-refractivity contribution < 1.29 is 0 Å². The van der Waals surface area contributed by atoms with E-state index in [4.69, 9.17) is 6.42 Å². The predicted molar refractivity (Wildman–Crippen MR) is 65.1 cm³/mol. The second-order valence-corrected chi connectivity index (χ2v) is 5.13. The first-order valence-corrected chi connectivity index (χ1v) is 5.94. The highest BCUT2D eigenvalue weighted by Gasteiger charge is 2.02. The zero-order chi connectivity index (χ0) is 9.54. The molecule has 66 valence electrons. The first-order chi connectivity index (χ1) is 6.86. The number of fused-ring (bicyclic) bond motifs is 2. The molecule has 0 saturated carbocycles. The van der Waals surface area contributed by atoms with Gasteiger partial charge in [0.05, 0.1) is 4.88 Å². The maximum absolute atomic E-state index is 5.38. The molecule has 0 aliphatic rings. The van der Waals surface area contributed by atoms with Gasteiger partial charge in [0.2, 0.25) is 0 Å². The summed E-state index contributed by atoms with van der Waals surface area (Å²) in [6, 6.07) is 8.66. The number of hydrogen-bond donors (Lipinski definition) is 0. The summed E-state index contributed by atoms with van der Waals surface area (Å²) in [6.07, 6.45) is 5.38. The van der Waals surface area contributed by atoms with Gasteiger partial charge in [-0.25, -0.2) is 0 Å². The van der Waals surface area contributed by atoms with E-state index in [1.54, 1.807) is 22.7 Å². The van der Waals surface area contributed by atoms with Crippen molar-refractivity contribution in [2.24, 2.45) is 0 Å². The average Bonchev–Trinajstić information content (AvgIpc) is 2.77. The average molecular weight is 214 g/mol. The van der Waals surface area contributed by atoms with Gasteiger partial charge in [-0.15, -0.1) is 29.1 Å². The second-order valence-electron chi connectivity index (χ2n) is 3.10. The summed E-state index contributed by atoms with van der Waals surface area (Å²) in [5.41, 5.74) is 0. The standard InChI is InChI=1S/C12H6S2/c1-2-10-5-9-7-11-8(3-4-13-11)6-12(9)14-10/h1,3-7H. The van der Waals surface area contributed by atoms with Crippen molar-refractivity contribution in [2.75, 3.05) is 0 Å². The maximum atomic E-state index is 5.38. The monoisotopic (exact) mass is 214 g/mol. The molecule has 0 spiro atoms. The van der Waals surface area contributed by atoms with Gasteiger partial charge in [-0.3, -0.25) is 0 Å². The van der Waals surface area contributed by atoms with Crippen LogP contribution in [0.4, 0.5) is 0 Å². The molecule has 0 aliphatic heterocycles. The zero-order valence-electron chi connectivity index (χ0n) is 7.28. The Hall–Kier alpha value is -1.30. The second kappa shape index (κ2) is 2.84. The van der Waals surface area contributed by atoms with E-state index in [1.165, 1.54) is 20.2 Å². The van der Waals surface area contributed by atoms with Gasteiger partial charge in [0.15, 0.2) is 0 Å². The van der Waals surface area contributed by atoms with E-state index in [0.717, 1.165) is 4.88 Å². The Morgan fingerprint density at radius 2 is 1.93 bits per heavy atom. The Labute approximate surface area is 89.8 Å². The van der Waals surface area contributed by atoms with Crippen molar-refractivity contribution in [2.45, 2.75) is 0 Å². The first-order valence-electron chi connectivity index (χ1n) is 4.24. The summed E-state index contributed by atoms with van der Waals surface area (Å²) < 4.78 is 2.61. The first kappa shape index (κ1) is 8.05. The van der Waals surface area contributed by atoms with Gasteiger partial charge in [-0.1, -0.05) is 5.92 Å². The van der Waals surface area contributed by atoms with Crippen LogP contribution >= 0.6 is 22.7 Å². The third-order valence-electron chi connectivity index (χ3n) is 2.23. The molecule has 14 heavy (non-hydrogen) atoms. The van der Waals surface area contributed by atoms with Gasteiger partial charge >= 0.3 is 0 Å². The van der Waals surface area contributed by atoms with Crippen LogP contribution in [-0.4, -0.2) is 0 Å². The minimum Gasteiger partial charge on any atom is -0.144 e. The van der Waals surface area contributed by atoms with Crippen LogP contribution in [-0.2, 0) is 0 Å². The number of rotatable bonds is 0. The van der Waals surface area contributed by atoms with Gasteiger partial charge in [-0.05, 0) is 40.4 Å². The van der Waals surface area contributed by atoms with Crippen LogP contribution in [0, 0.1) is 12.3 Å². The maximum Gasteiger partial charge on any atom is 0.0778 e. The quantitative estimate of drug-likeness (QED) is 0.494. The molecule has 0 amide bonds. The molecule has 0 N–H and O–H groups in total. The molecule has 0 bridgehead atoms. The molecule has 2 heterocycles. The van der Waals surface area contributed by atoms with Crippen LogP contribution in [0.2, 0.25) is 0 Å². The highest BCUT2D eigenvalue weighted by atomic mass is 32.1. The minimum atomic E-state index is 1.01. The van der Waals surface area contributed by atoms with Crippen LogP contribution in [0.15, 0.2) is 29.6 Å². The van der Waals surface area contributed by atoms with Crippen LogP contribution in [0.3, 0.4) is 0 Å². The molecule has 0 nitrogen and oxygen atoms in total. The van der Waals surface area contributed by atoms with E-state index in [2.05, 4.69) is 35.6 Å². The van der Waals surface area contributed by atoms with Gasteiger partial charge in [0, 0.05) is 9.40 Å². The molecule has 0 radical (unpaired) electrons. The number of thiophene rings is 2. The van der Waals surface area contributed by atoms with Crippen LogP contribution in [0.1, 0.15) is 4.88 Å². The van der Waals surface area contributed by atoms with E-state index >= 15 is 0 Å². The molecular formula is C12H6S2. The topological polar surface area (TPSA) is 0 Å². The lowest BCUT2D eigenvalue weighted by Gasteiger charge is -1.89. The van der Waals surface area contributed by atoms with E-state index in [0.29, 0.717) is 0 Å². The smallest absolute Gasteiger partial charge is 0.0778 e. The summed E-state index contributed by atoms with van der Waals surface area (Å²) in [4.78, 5) is 1.01. The summed E-state index contributed by atoms with van der Waals surface area (Å²) in [7, 11) is 0. The van der Waals surface area contributed by atoms with Gasteiger partial charge in [0.25, 0.3) is 0 Å². The third kappa shape index (κ3) is 1.07. The summed E-state index contributed by atoms with van der Waals surface area (Å²) >= 11 is 3.46. The highest BCUT2D eigenvalue weighted by molar-refractivity contribution is 7.20. The Morgan fingerprint density at radius 3 is 2.79 bits per heavy atom. The largest absolute Gasteiger partial charge is 0.144 e. The molecule has 1 aromatic carbocycles. The Kier molecular flexibility index (Phi) is 1.63. The normalized spacial score (nSPS) is 10.8. The molecule has 0 saturated heterocycles. The van der Waals surface area contributed by atoms with E-state index in [-0.39, 0.29) is 0 Å². The Bertz CT molecular complexity index is 602. The fourth-order valence-electron chi connectivity index (χ4n) is 1.57. The van der Waals surface area contributed by atoms with Crippen molar-refractivity contribution in [3.8, 4) is 12.3 Å². The molecule has 2 heteroatoms. The Balaban J connectivity index is 2.48. The molecule has 0 unspecified atom stereocenters. The van der Waals surface area contributed by atoms with Crippen molar-refractivity contribution in [3.63, 3.8) is 0 Å². The summed E-state index contributed by atoms with van der Waals surface area (Å²) in [5.74, 6) is 2.69. The molecule has 2 aromatic heterocycles. The molecule has 0 aliphatic carbocycles. The fraction of sp³-hybridized carbons (Fsp3) is 0. The van der Waals surface area contributed by atoms with E-state index < -0.39 is 0 Å². The highest BCUT2D eigenvalue weighted by Crippen LogP contribution is 2.31. The van der Waals surface area contributed by atoms with Crippen LogP contribution in [0.5, 0.6) is 0 Å². The van der Waals surface area contributed by atoms with Crippen molar-refractivity contribution in [1.29, 1.82) is 0 Å². The number of hydrogen-bond acceptors (Lipinski definition) is 2. The lowest BCUT2D eigenvalue weighted by molar-refractivity contribution is 1.99. The van der Waals surface area contributed by atoms with Gasteiger partial charge < -0.3 is 0 Å². The van der Waals surface area contributed by atoms with Crippen molar-refractivity contribution in [3.05, 3.63) is 34.5 Å². The summed E-state index contributed by atoms with van der Waals surface area (Å²) in [5, 5.41) is 4.70. The van der Waals surface area contributed by atoms with Gasteiger partial charge in [-0.2, -0.15) is 0 Å². The Morgan fingerprint density at radius 1 is 1.07 bits per heavy atom. The van der Waals surface area contributed by atoms with Crippen LogP contribution in [0.25, 0.3) is 20.2 Å². The lowest BCUT2D eigenvalue weighted by Crippen LogP contribution is -1.62. The van der Waals surface area contributed by atoms with Gasteiger partial charge in [0.1, 0.15) is 0 Å². The number of benzene rings is 1. The molecular weight excluding hydrogens is 208 g/mol. The molecule has 3 aromatic rings. The lowest BCUT2D eigenvalue weighted by atomic mass is 10.2. The summed E-state index contributed by atoms with van der Waals surface area (Å²) in [6.45, 7) is 0. The molecule has 3 rings (SSSR count). The molecule has 0 atom stereocenters. The minimum absolute atomic E-state index is 1.01. The number of terminal acetylenes is 1. The van der Waals surface area contributed by atoms with Crippen molar-refractivity contribution >= 4 is 42.8 Å². The predicted octanol–water partition coefficient (Wildman–Crippen LogP) is 4.10. The van der Waals surface area contributed by atoms with E-state index in [1.807, 2.05) is 0 Å². The third-order valence-corrected chi connectivity index (χ3v) is 4.14. The van der Waals surface area contributed by atoms with Crippen LogP contribution < -0.4 is 0 Å². The zero-order valence-corrected chi connectivity index (χ0v) is 8.91. The van der Waals surface area contributed by atoms with Crippen molar-refractivity contribution in [1.82, 2.24) is 0 Å².